The summed E-state index contributed by atoms with van der Waals surface area (Å²) >= 11 is 2.46. The van der Waals surface area contributed by atoms with Gasteiger partial charge in [-0.05, 0) is 6.42 Å². The largest absolute Gasteiger partial charge is 0.314 e. The van der Waals surface area contributed by atoms with Gasteiger partial charge in [-0.25, -0.2) is 4.98 Å². The third-order valence-electron chi connectivity index (χ3n) is 2.54. The van der Waals surface area contributed by atoms with Gasteiger partial charge in [0.05, 0.1) is 12.7 Å². The Labute approximate surface area is 97.8 Å². The summed E-state index contributed by atoms with van der Waals surface area (Å²) in [7, 11) is 0. The highest BCUT2D eigenvalue weighted by Gasteiger charge is 2.44. The zero-order valence-corrected chi connectivity index (χ0v) is 10.5. The average molecular weight is 305 g/mol. The fourth-order valence-electron chi connectivity index (χ4n) is 1.81. The second-order valence-corrected chi connectivity index (χ2v) is 5.27. The second kappa shape index (κ2) is 3.62. The van der Waals surface area contributed by atoms with E-state index in [2.05, 4.69) is 52.0 Å². The van der Waals surface area contributed by atoms with Crippen molar-refractivity contribution in [2.24, 2.45) is 0 Å². The van der Waals surface area contributed by atoms with Gasteiger partial charge in [0.25, 0.3) is 28.7 Å². The fraction of sp³-hybridized carbons (Fsp3) is 0.556. The van der Waals surface area contributed by atoms with E-state index in [9.17, 15) is 0 Å². The van der Waals surface area contributed by atoms with Gasteiger partial charge in [-0.1, -0.05) is 6.92 Å². The summed E-state index contributed by atoms with van der Waals surface area (Å²) in [4.78, 5) is 8.71. The van der Waals surface area contributed by atoms with E-state index in [1.807, 2.05) is 0 Å². The second-order valence-electron chi connectivity index (χ2n) is 3.54. The van der Waals surface area contributed by atoms with Crippen molar-refractivity contribution in [1.82, 2.24) is 12.7 Å². The summed E-state index contributed by atoms with van der Waals surface area (Å²) in [6, 6.07) is 0. The predicted octanol–water partition coefficient (Wildman–Crippen LogP) is 2.32. The van der Waals surface area contributed by atoms with E-state index in [-0.39, 0.29) is 0 Å². The van der Waals surface area contributed by atoms with Gasteiger partial charge in [-0.3, -0.25) is 0 Å². The van der Waals surface area contributed by atoms with Crippen LogP contribution in [0.4, 0.5) is 11.6 Å². The lowest BCUT2D eigenvalue weighted by molar-refractivity contribution is 0.443. The maximum absolute atomic E-state index is 4.42. The Hall–Kier alpha value is -0.430. The number of nitrogens with zero attached hydrogens (tertiary/aromatic N) is 3. The van der Waals surface area contributed by atoms with Crippen LogP contribution in [-0.4, -0.2) is 22.7 Å². The smallest absolute Gasteiger partial charge is 0.280 e. The number of hydrogen-bond acceptors (Lipinski definition) is 3. The third-order valence-corrected chi connectivity index (χ3v) is 4.31. The SMILES string of the molecule is CCC[N+]1(I)c2nccnc2NC1C. The molecule has 2 atom stereocenters. The molecule has 1 N–H and O–H groups in total. The molecule has 5 heteroatoms. The van der Waals surface area contributed by atoms with Crippen molar-refractivity contribution >= 4 is 34.5 Å². The van der Waals surface area contributed by atoms with Gasteiger partial charge in [-0.15, -0.1) is 0 Å². The van der Waals surface area contributed by atoms with E-state index >= 15 is 0 Å². The molecule has 1 aliphatic rings. The molecule has 0 radical (unpaired) electrons. The Morgan fingerprint density at radius 2 is 2.21 bits per heavy atom. The number of hydrogen-bond donors (Lipinski definition) is 1. The van der Waals surface area contributed by atoms with Gasteiger partial charge in [0, 0.05) is 13.1 Å². The average Bonchev–Trinajstić information content (AvgIpc) is 2.41. The van der Waals surface area contributed by atoms with Crippen LogP contribution >= 0.6 is 22.9 Å². The maximum Gasteiger partial charge on any atom is 0.280 e. The number of quaternary nitrogens is 1. The lowest BCUT2D eigenvalue weighted by Gasteiger charge is -2.27. The Balaban J connectivity index is 2.43. The van der Waals surface area contributed by atoms with Crippen molar-refractivity contribution in [3.8, 4) is 0 Å². The Morgan fingerprint density at radius 3 is 2.93 bits per heavy atom. The first kappa shape index (κ1) is 10.1. The van der Waals surface area contributed by atoms with Gasteiger partial charge in [-0.2, -0.15) is 7.68 Å². The zero-order chi connectivity index (χ0) is 10.2. The predicted molar refractivity (Wildman–Crippen MR) is 66.1 cm³/mol. The van der Waals surface area contributed by atoms with Crippen LogP contribution in [0.3, 0.4) is 0 Å². The highest BCUT2D eigenvalue weighted by Crippen LogP contribution is 2.41. The molecule has 14 heavy (non-hydrogen) atoms. The summed E-state index contributed by atoms with van der Waals surface area (Å²) in [6.45, 7) is 5.45. The van der Waals surface area contributed by atoms with E-state index in [4.69, 9.17) is 0 Å². The lowest BCUT2D eigenvalue weighted by atomic mass is 10.4. The molecule has 0 aliphatic carbocycles. The van der Waals surface area contributed by atoms with Crippen molar-refractivity contribution in [2.75, 3.05) is 11.9 Å². The molecule has 2 heterocycles. The highest BCUT2D eigenvalue weighted by atomic mass is 127. The fourth-order valence-corrected chi connectivity index (χ4v) is 2.79. The monoisotopic (exact) mass is 305 g/mol. The van der Waals surface area contributed by atoms with Gasteiger partial charge in [0.15, 0.2) is 6.17 Å². The molecule has 2 rings (SSSR count). The zero-order valence-electron chi connectivity index (χ0n) is 8.37. The van der Waals surface area contributed by atoms with Crippen LogP contribution in [0.25, 0.3) is 0 Å². The first-order chi connectivity index (χ1) is 6.68. The summed E-state index contributed by atoms with van der Waals surface area (Å²) in [5, 5.41) is 3.36. The number of nitrogens with one attached hydrogen (secondary N) is 1. The van der Waals surface area contributed by atoms with Crippen LogP contribution in [0.15, 0.2) is 12.4 Å². The molecule has 0 fully saturated rings. The summed E-state index contributed by atoms with van der Waals surface area (Å²) in [5.41, 5.74) is 0. The summed E-state index contributed by atoms with van der Waals surface area (Å²) < 4.78 is 0.817. The molecule has 0 bridgehead atoms. The number of rotatable bonds is 2. The first-order valence-electron chi connectivity index (χ1n) is 4.84. The molecular weight excluding hydrogens is 291 g/mol. The third kappa shape index (κ3) is 1.38. The summed E-state index contributed by atoms with van der Waals surface area (Å²) in [6.07, 6.45) is 5.00. The molecule has 0 saturated heterocycles. The van der Waals surface area contributed by atoms with E-state index in [0.717, 1.165) is 27.3 Å². The molecule has 76 valence electrons. The molecule has 1 aromatic heterocycles. The molecule has 0 saturated carbocycles. The first-order valence-corrected chi connectivity index (χ1v) is 5.80. The van der Waals surface area contributed by atoms with Gasteiger partial charge in [0.2, 0.25) is 5.82 Å². The van der Waals surface area contributed by atoms with Crippen molar-refractivity contribution in [3.05, 3.63) is 12.4 Å². The number of aromatic nitrogens is 2. The van der Waals surface area contributed by atoms with Crippen LogP contribution in [0, 0.1) is 0 Å². The van der Waals surface area contributed by atoms with Gasteiger partial charge < -0.3 is 5.32 Å². The van der Waals surface area contributed by atoms with Crippen molar-refractivity contribution in [2.45, 2.75) is 26.4 Å². The van der Waals surface area contributed by atoms with Crippen molar-refractivity contribution in [1.29, 1.82) is 0 Å². The Morgan fingerprint density at radius 1 is 1.50 bits per heavy atom. The van der Waals surface area contributed by atoms with Crippen LogP contribution < -0.4 is 8.01 Å². The molecule has 4 nitrogen and oxygen atoms in total. The van der Waals surface area contributed by atoms with Gasteiger partial charge in [0.1, 0.15) is 0 Å². The molecule has 1 aliphatic heterocycles. The van der Waals surface area contributed by atoms with Crippen molar-refractivity contribution in [3.63, 3.8) is 0 Å². The molecule has 0 amide bonds. The van der Waals surface area contributed by atoms with Gasteiger partial charge >= 0.3 is 0 Å². The Kier molecular flexibility index (Phi) is 2.61. The van der Waals surface area contributed by atoms with E-state index in [1.54, 1.807) is 12.4 Å². The number of anilines is 1. The minimum Gasteiger partial charge on any atom is -0.314 e. The quantitative estimate of drug-likeness (QED) is 0.673. The highest BCUT2D eigenvalue weighted by molar-refractivity contribution is 14.1. The van der Waals surface area contributed by atoms with Crippen LogP contribution in [0.2, 0.25) is 0 Å². The normalized spacial score (nSPS) is 29.8. The topological polar surface area (TPSA) is 37.8 Å². The van der Waals surface area contributed by atoms with Crippen LogP contribution in [-0.2, 0) is 0 Å². The summed E-state index contributed by atoms with van der Waals surface area (Å²) in [5.74, 6) is 1.99. The Bertz CT molecular complexity index is 343. The molecule has 1 aromatic rings. The number of halogens is 1. The van der Waals surface area contributed by atoms with Crippen LogP contribution in [0.5, 0.6) is 0 Å². The standard InChI is InChI=1S/C9H14IN4/c1-3-6-14(10)7(2)13-8-9(14)12-5-4-11-8/h4-5,7H,3,6H2,1-2H3,(H,11,13)/q+1. The lowest BCUT2D eigenvalue weighted by Crippen LogP contribution is -2.46. The maximum atomic E-state index is 4.42. The van der Waals surface area contributed by atoms with Crippen molar-refractivity contribution < 1.29 is 0 Å². The van der Waals surface area contributed by atoms with E-state index in [0.29, 0.717) is 6.17 Å². The van der Waals surface area contributed by atoms with Crippen LogP contribution in [0.1, 0.15) is 20.3 Å². The molecule has 0 aromatic carbocycles. The van der Waals surface area contributed by atoms with E-state index < -0.39 is 0 Å². The minimum absolute atomic E-state index is 0.355. The minimum atomic E-state index is 0.355. The molecule has 2 unspecified atom stereocenters. The molecule has 0 spiro atoms. The van der Waals surface area contributed by atoms with E-state index in [1.165, 1.54) is 0 Å². The number of fused-ring (bicyclic) bond motifs is 1. The molecular formula is C9H14IN4+.